The number of amides is 2. The highest BCUT2D eigenvalue weighted by molar-refractivity contribution is 5.92. The van der Waals surface area contributed by atoms with Gasteiger partial charge in [-0.1, -0.05) is 12.1 Å². The van der Waals surface area contributed by atoms with Crippen molar-refractivity contribution in [2.45, 2.75) is 32.2 Å². The molecule has 0 aliphatic heterocycles. The highest BCUT2D eigenvalue weighted by Crippen LogP contribution is 2.25. The van der Waals surface area contributed by atoms with Gasteiger partial charge in [-0.15, -0.1) is 0 Å². The Morgan fingerprint density at radius 3 is 3.00 bits per heavy atom. The summed E-state index contributed by atoms with van der Waals surface area (Å²) in [6.07, 6.45) is 5.75. The van der Waals surface area contributed by atoms with Gasteiger partial charge in [-0.2, -0.15) is 0 Å². The summed E-state index contributed by atoms with van der Waals surface area (Å²) in [4.78, 5) is 30.6. The van der Waals surface area contributed by atoms with E-state index in [0.29, 0.717) is 23.9 Å². The van der Waals surface area contributed by atoms with Gasteiger partial charge in [0.1, 0.15) is 11.4 Å². The molecule has 7 heteroatoms. The summed E-state index contributed by atoms with van der Waals surface area (Å²) in [6.45, 7) is 2.59. The van der Waals surface area contributed by atoms with E-state index >= 15 is 0 Å². The number of hydrogen-bond acceptors (Lipinski definition) is 4. The van der Waals surface area contributed by atoms with Crippen LogP contribution in [0.4, 0.5) is 0 Å². The van der Waals surface area contributed by atoms with E-state index in [0.717, 1.165) is 24.8 Å². The topological polar surface area (TPSA) is 96.1 Å². The Hall–Kier alpha value is -2.83. The van der Waals surface area contributed by atoms with Crippen LogP contribution in [0.15, 0.2) is 36.8 Å². The van der Waals surface area contributed by atoms with E-state index in [1.54, 1.807) is 0 Å². The van der Waals surface area contributed by atoms with Gasteiger partial charge in [0.05, 0.1) is 12.5 Å². The molecule has 2 amide bonds. The summed E-state index contributed by atoms with van der Waals surface area (Å²) in [5.74, 6) is 0.799. The standard InChI is InChI=1S/C19H24N4O3/c1-13-3-2-4-16(7-13)26-11-18(24)21-9-14-5-6-15(8-14)23-19(25)17-10-20-12-22-17/h2-4,7,10,12,14-15H,5-6,8-9,11H2,1H3,(H,20,22)(H,21,24)(H,23,25). The minimum atomic E-state index is -0.135. The molecule has 0 bridgehead atoms. The van der Waals surface area contributed by atoms with Crippen LogP contribution in [-0.4, -0.2) is 41.0 Å². The van der Waals surface area contributed by atoms with E-state index in [1.165, 1.54) is 12.5 Å². The molecule has 1 saturated carbocycles. The van der Waals surface area contributed by atoms with Crippen molar-refractivity contribution in [3.63, 3.8) is 0 Å². The lowest BCUT2D eigenvalue weighted by Crippen LogP contribution is -2.35. The number of carbonyl (C=O) groups excluding carboxylic acids is 2. The Kier molecular flexibility index (Phi) is 5.88. The molecule has 2 unspecified atom stereocenters. The Bertz CT molecular complexity index is 745. The van der Waals surface area contributed by atoms with E-state index < -0.39 is 0 Å². The number of hydrogen-bond donors (Lipinski definition) is 3. The first-order valence-electron chi connectivity index (χ1n) is 8.85. The maximum Gasteiger partial charge on any atom is 0.269 e. The molecule has 2 aromatic rings. The lowest BCUT2D eigenvalue weighted by atomic mass is 10.1. The molecule has 1 aromatic heterocycles. The second-order valence-corrected chi connectivity index (χ2v) is 6.72. The number of aromatic amines is 1. The fourth-order valence-corrected chi connectivity index (χ4v) is 3.20. The van der Waals surface area contributed by atoms with Gasteiger partial charge in [0.15, 0.2) is 6.61 Å². The molecule has 1 heterocycles. The number of benzene rings is 1. The minimum Gasteiger partial charge on any atom is -0.484 e. The molecule has 0 saturated heterocycles. The summed E-state index contributed by atoms with van der Waals surface area (Å²) in [5, 5.41) is 5.92. The number of H-pyrrole nitrogens is 1. The number of nitrogens with one attached hydrogen (secondary N) is 3. The lowest BCUT2D eigenvalue weighted by molar-refractivity contribution is -0.123. The number of nitrogens with zero attached hydrogens (tertiary/aromatic N) is 1. The van der Waals surface area contributed by atoms with Gasteiger partial charge in [0.25, 0.3) is 11.8 Å². The number of aryl methyl sites for hydroxylation is 1. The van der Waals surface area contributed by atoms with Crippen LogP contribution < -0.4 is 15.4 Å². The number of rotatable bonds is 7. The van der Waals surface area contributed by atoms with Crippen molar-refractivity contribution in [2.24, 2.45) is 5.92 Å². The van der Waals surface area contributed by atoms with Crippen LogP contribution in [0.3, 0.4) is 0 Å². The summed E-state index contributed by atoms with van der Waals surface area (Å²) in [7, 11) is 0. The van der Waals surface area contributed by atoms with Crippen molar-refractivity contribution in [3.05, 3.63) is 48.0 Å². The third-order valence-corrected chi connectivity index (χ3v) is 4.57. The van der Waals surface area contributed by atoms with Gasteiger partial charge in [0, 0.05) is 12.6 Å². The number of imidazole rings is 1. The zero-order valence-electron chi connectivity index (χ0n) is 14.8. The lowest BCUT2D eigenvalue weighted by Gasteiger charge is -2.14. The SMILES string of the molecule is Cc1cccc(OCC(=O)NCC2CCC(NC(=O)c3cnc[nH]3)C2)c1. The van der Waals surface area contributed by atoms with Crippen LogP contribution in [0.2, 0.25) is 0 Å². The smallest absolute Gasteiger partial charge is 0.269 e. The molecule has 1 aromatic carbocycles. The first kappa shape index (κ1) is 18.0. The summed E-state index contributed by atoms with van der Waals surface area (Å²) < 4.78 is 5.50. The predicted molar refractivity (Wildman–Crippen MR) is 96.9 cm³/mol. The fraction of sp³-hybridized carbons (Fsp3) is 0.421. The number of ether oxygens (including phenoxy) is 1. The molecule has 2 atom stereocenters. The van der Waals surface area contributed by atoms with Crippen LogP contribution in [0, 0.1) is 12.8 Å². The molecule has 7 nitrogen and oxygen atoms in total. The number of carbonyl (C=O) groups is 2. The van der Waals surface area contributed by atoms with E-state index in [2.05, 4.69) is 20.6 Å². The molecule has 0 radical (unpaired) electrons. The minimum absolute atomic E-state index is 0.0101. The van der Waals surface area contributed by atoms with Crippen molar-refractivity contribution >= 4 is 11.8 Å². The van der Waals surface area contributed by atoms with Crippen LogP contribution in [0.5, 0.6) is 5.75 Å². The molecule has 1 aliphatic rings. The normalized spacial score (nSPS) is 19.1. The first-order chi connectivity index (χ1) is 12.6. The van der Waals surface area contributed by atoms with Crippen molar-refractivity contribution in [3.8, 4) is 5.75 Å². The Morgan fingerprint density at radius 1 is 1.35 bits per heavy atom. The fourth-order valence-electron chi connectivity index (χ4n) is 3.20. The average Bonchev–Trinajstić information content (AvgIpc) is 3.30. The predicted octanol–water partition coefficient (Wildman–Crippen LogP) is 1.81. The van der Waals surface area contributed by atoms with E-state index in [4.69, 9.17) is 4.74 Å². The third kappa shape index (κ3) is 5.08. The van der Waals surface area contributed by atoms with Crippen LogP contribution >= 0.6 is 0 Å². The first-order valence-corrected chi connectivity index (χ1v) is 8.85. The Morgan fingerprint density at radius 2 is 2.23 bits per heavy atom. The van der Waals surface area contributed by atoms with Crippen LogP contribution in [0.25, 0.3) is 0 Å². The molecule has 3 rings (SSSR count). The number of aromatic nitrogens is 2. The van der Waals surface area contributed by atoms with Gasteiger partial charge in [-0.25, -0.2) is 4.98 Å². The maximum absolute atomic E-state index is 12.0. The molecular formula is C19H24N4O3. The van der Waals surface area contributed by atoms with Gasteiger partial charge in [-0.3, -0.25) is 9.59 Å². The molecule has 1 fully saturated rings. The van der Waals surface area contributed by atoms with Crippen molar-refractivity contribution < 1.29 is 14.3 Å². The van der Waals surface area contributed by atoms with Gasteiger partial charge in [-0.05, 0) is 49.8 Å². The van der Waals surface area contributed by atoms with Gasteiger partial charge in [0.2, 0.25) is 0 Å². The van der Waals surface area contributed by atoms with Gasteiger partial charge < -0.3 is 20.4 Å². The largest absolute Gasteiger partial charge is 0.484 e. The van der Waals surface area contributed by atoms with Crippen molar-refractivity contribution in [1.29, 1.82) is 0 Å². The third-order valence-electron chi connectivity index (χ3n) is 4.57. The maximum atomic E-state index is 12.0. The summed E-state index contributed by atoms with van der Waals surface area (Å²) in [5.41, 5.74) is 1.56. The molecular weight excluding hydrogens is 332 g/mol. The summed E-state index contributed by atoms with van der Waals surface area (Å²) >= 11 is 0. The average molecular weight is 356 g/mol. The van der Waals surface area contributed by atoms with E-state index in [-0.39, 0.29) is 24.5 Å². The zero-order chi connectivity index (χ0) is 18.4. The monoisotopic (exact) mass is 356 g/mol. The molecule has 3 N–H and O–H groups in total. The molecule has 26 heavy (non-hydrogen) atoms. The van der Waals surface area contributed by atoms with Crippen LogP contribution in [-0.2, 0) is 4.79 Å². The second kappa shape index (κ2) is 8.51. The van der Waals surface area contributed by atoms with Gasteiger partial charge >= 0.3 is 0 Å². The van der Waals surface area contributed by atoms with Crippen molar-refractivity contribution in [1.82, 2.24) is 20.6 Å². The second-order valence-electron chi connectivity index (χ2n) is 6.72. The Labute approximate surface area is 152 Å². The Balaban J connectivity index is 1.35. The van der Waals surface area contributed by atoms with E-state index in [9.17, 15) is 9.59 Å². The highest BCUT2D eigenvalue weighted by atomic mass is 16.5. The zero-order valence-corrected chi connectivity index (χ0v) is 14.8. The molecule has 0 spiro atoms. The van der Waals surface area contributed by atoms with E-state index in [1.807, 2.05) is 31.2 Å². The molecule has 1 aliphatic carbocycles. The van der Waals surface area contributed by atoms with Crippen molar-refractivity contribution in [2.75, 3.05) is 13.2 Å². The molecule has 138 valence electrons. The van der Waals surface area contributed by atoms with Crippen LogP contribution in [0.1, 0.15) is 35.3 Å². The quantitative estimate of drug-likeness (QED) is 0.705. The summed E-state index contributed by atoms with van der Waals surface area (Å²) in [6, 6.07) is 7.76. The highest BCUT2D eigenvalue weighted by Gasteiger charge is 2.26.